The molecule has 1 aromatic heterocycles. The van der Waals surface area contributed by atoms with Crippen LogP contribution >= 0.6 is 11.5 Å². The molecule has 1 fully saturated rings. The van der Waals surface area contributed by atoms with E-state index in [1.54, 1.807) is 0 Å². The highest BCUT2D eigenvalue weighted by molar-refractivity contribution is 7.09. The Bertz CT molecular complexity index is 326. The quantitative estimate of drug-likeness (QED) is 0.854. The molecule has 1 aliphatic rings. The zero-order valence-electron chi connectivity index (χ0n) is 10.1. The molecule has 1 N–H and O–H groups in total. The third-order valence-electron chi connectivity index (χ3n) is 3.18. The van der Waals surface area contributed by atoms with Crippen LogP contribution < -0.4 is 5.32 Å². The largest absolute Gasteiger partial charge is 0.359 e. The Hall–Kier alpha value is -0.680. The van der Waals surface area contributed by atoms with Gasteiger partial charge in [-0.25, -0.2) is 4.98 Å². The molecule has 0 aromatic carbocycles. The van der Waals surface area contributed by atoms with Crippen molar-refractivity contribution < 1.29 is 0 Å². The minimum Gasteiger partial charge on any atom is -0.359 e. The lowest BCUT2D eigenvalue weighted by molar-refractivity contribution is 0.277. The maximum absolute atomic E-state index is 4.42. The van der Waals surface area contributed by atoms with Crippen LogP contribution in [-0.2, 0) is 6.42 Å². The fourth-order valence-electron chi connectivity index (χ4n) is 2.22. The van der Waals surface area contributed by atoms with Crippen LogP contribution in [0.2, 0.25) is 0 Å². The van der Waals surface area contributed by atoms with Gasteiger partial charge in [0.2, 0.25) is 5.13 Å². The van der Waals surface area contributed by atoms with Gasteiger partial charge in [0.15, 0.2) is 0 Å². The first-order valence-corrected chi connectivity index (χ1v) is 6.91. The average Bonchev–Trinajstić information content (AvgIpc) is 2.94. The molecule has 2 heterocycles. The van der Waals surface area contributed by atoms with Gasteiger partial charge in [-0.15, -0.1) is 0 Å². The molecule has 0 aliphatic carbocycles. The van der Waals surface area contributed by atoms with Gasteiger partial charge in [-0.2, -0.15) is 4.37 Å². The van der Waals surface area contributed by atoms with Crippen LogP contribution in [-0.4, -0.2) is 39.9 Å². The second-order valence-electron chi connectivity index (χ2n) is 4.17. The Morgan fingerprint density at radius 1 is 1.50 bits per heavy atom. The van der Waals surface area contributed by atoms with E-state index < -0.39 is 0 Å². The second kappa shape index (κ2) is 5.59. The maximum atomic E-state index is 4.42. The fraction of sp³-hybridized carbons (Fsp3) is 0.818. The number of likely N-dealkylation sites (tertiary alicyclic amines) is 1. The summed E-state index contributed by atoms with van der Waals surface area (Å²) < 4.78 is 4.27. The SMILES string of the molecule is CCc1nsc(NCC2CCCN2CC)n1. The lowest BCUT2D eigenvalue weighted by Gasteiger charge is -2.22. The molecule has 0 amide bonds. The van der Waals surface area contributed by atoms with Gasteiger partial charge in [-0.1, -0.05) is 13.8 Å². The first kappa shape index (κ1) is 11.8. The van der Waals surface area contributed by atoms with Crippen LogP contribution in [0, 0.1) is 0 Å². The summed E-state index contributed by atoms with van der Waals surface area (Å²) in [5, 5.41) is 4.38. The minimum absolute atomic E-state index is 0.680. The smallest absolute Gasteiger partial charge is 0.202 e. The lowest BCUT2D eigenvalue weighted by atomic mass is 10.2. The van der Waals surface area contributed by atoms with Crippen molar-refractivity contribution >= 4 is 16.7 Å². The summed E-state index contributed by atoms with van der Waals surface area (Å²) in [5.41, 5.74) is 0. The van der Waals surface area contributed by atoms with Crippen molar-refractivity contribution in [3.05, 3.63) is 5.82 Å². The molecule has 4 nitrogen and oxygen atoms in total. The van der Waals surface area contributed by atoms with Crippen molar-refractivity contribution in [1.82, 2.24) is 14.3 Å². The van der Waals surface area contributed by atoms with Gasteiger partial charge in [0.05, 0.1) is 0 Å². The van der Waals surface area contributed by atoms with E-state index in [4.69, 9.17) is 0 Å². The van der Waals surface area contributed by atoms with Crippen LogP contribution in [0.5, 0.6) is 0 Å². The number of rotatable bonds is 5. The van der Waals surface area contributed by atoms with Crippen LogP contribution in [0.25, 0.3) is 0 Å². The van der Waals surface area contributed by atoms with Crippen molar-refractivity contribution in [2.24, 2.45) is 0 Å². The monoisotopic (exact) mass is 240 g/mol. The molecular formula is C11H20N4S. The van der Waals surface area contributed by atoms with E-state index in [0.29, 0.717) is 6.04 Å². The minimum atomic E-state index is 0.680. The van der Waals surface area contributed by atoms with Crippen molar-refractivity contribution in [3.8, 4) is 0 Å². The van der Waals surface area contributed by atoms with Crippen LogP contribution in [0.3, 0.4) is 0 Å². The zero-order chi connectivity index (χ0) is 11.4. The molecule has 0 spiro atoms. The Morgan fingerprint density at radius 3 is 3.06 bits per heavy atom. The molecule has 1 atom stereocenters. The van der Waals surface area contributed by atoms with Gasteiger partial charge >= 0.3 is 0 Å². The van der Waals surface area contributed by atoms with Gasteiger partial charge in [-0.3, -0.25) is 4.90 Å². The molecule has 0 bridgehead atoms. The van der Waals surface area contributed by atoms with Crippen LogP contribution in [0.4, 0.5) is 5.13 Å². The van der Waals surface area contributed by atoms with E-state index in [1.165, 1.54) is 30.9 Å². The number of aromatic nitrogens is 2. The Balaban J connectivity index is 1.82. The topological polar surface area (TPSA) is 41.1 Å². The highest BCUT2D eigenvalue weighted by Crippen LogP contribution is 2.18. The van der Waals surface area contributed by atoms with E-state index >= 15 is 0 Å². The summed E-state index contributed by atoms with van der Waals surface area (Å²) in [4.78, 5) is 6.95. The summed E-state index contributed by atoms with van der Waals surface area (Å²) in [6.07, 6.45) is 3.56. The van der Waals surface area contributed by atoms with Gasteiger partial charge < -0.3 is 5.32 Å². The summed E-state index contributed by atoms with van der Waals surface area (Å²) in [6, 6.07) is 0.680. The van der Waals surface area contributed by atoms with Crippen LogP contribution in [0.15, 0.2) is 0 Å². The maximum Gasteiger partial charge on any atom is 0.202 e. The molecule has 90 valence electrons. The van der Waals surface area contributed by atoms with Crippen molar-refractivity contribution in [3.63, 3.8) is 0 Å². The molecule has 2 rings (SSSR count). The normalized spacial score (nSPS) is 21.5. The van der Waals surface area contributed by atoms with Gasteiger partial charge in [0, 0.05) is 30.5 Å². The van der Waals surface area contributed by atoms with Crippen molar-refractivity contribution in [2.75, 3.05) is 25.0 Å². The molecule has 1 aliphatic heterocycles. The molecule has 1 unspecified atom stereocenters. The van der Waals surface area contributed by atoms with Crippen LogP contribution in [0.1, 0.15) is 32.5 Å². The Kier molecular flexibility index (Phi) is 4.12. The van der Waals surface area contributed by atoms with E-state index in [9.17, 15) is 0 Å². The number of nitrogens with one attached hydrogen (secondary N) is 1. The number of hydrogen-bond donors (Lipinski definition) is 1. The van der Waals surface area contributed by atoms with E-state index in [0.717, 1.165) is 30.5 Å². The highest BCUT2D eigenvalue weighted by Gasteiger charge is 2.22. The first-order valence-electron chi connectivity index (χ1n) is 6.14. The summed E-state index contributed by atoms with van der Waals surface area (Å²) >= 11 is 1.48. The molecule has 0 saturated carbocycles. The number of aryl methyl sites for hydroxylation is 1. The van der Waals surface area contributed by atoms with Crippen molar-refractivity contribution in [1.29, 1.82) is 0 Å². The standard InChI is InChI=1S/C11H20N4S/c1-3-10-13-11(16-14-10)12-8-9-6-5-7-15(9)4-2/h9H,3-8H2,1-2H3,(H,12,13,14). The van der Waals surface area contributed by atoms with E-state index in [1.807, 2.05) is 0 Å². The fourth-order valence-corrected chi connectivity index (χ4v) is 2.87. The van der Waals surface area contributed by atoms with Crippen molar-refractivity contribution in [2.45, 2.75) is 39.2 Å². The molecule has 1 aromatic rings. The van der Waals surface area contributed by atoms with Gasteiger partial charge in [-0.05, 0) is 25.9 Å². The summed E-state index contributed by atoms with van der Waals surface area (Å²) in [5.74, 6) is 0.950. The Morgan fingerprint density at radius 2 is 2.38 bits per heavy atom. The van der Waals surface area contributed by atoms with Gasteiger partial charge in [0.1, 0.15) is 5.82 Å². The predicted molar refractivity (Wildman–Crippen MR) is 68.0 cm³/mol. The number of nitrogens with zero attached hydrogens (tertiary/aromatic N) is 3. The Labute approximate surface area is 101 Å². The molecular weight excluding hydrogens is 220 g/mol. The second-order valence-corrected chi connectivity index (χ2v) is 4.93. The first-order chi connectivity index (χ1) is 7.83. The van der Waals surface area contributed by atoms with E-state index in [-0.39, 0.29) is 0 Å². The average molecular weight is 240 g/mol. The van der Waals surface area contributed by atoms with Gasteiger partial charge in [0.25, 0.3) is 0 Å². The molecule has 5 heteroatoms. The summed E-state index contributed by atoms with van der Waals surface area (Å²) in [7, 11) is 0. The third-order valence-corrected chi connectivity index (χ3v) is 3.89. The molecule has 1 saturated heterocycles. The summed E-state index contributed by atoms with van der Waals surface area (Å²) in [6.45, 7) is 7.73. The molecule has 16 heavy (non-hydrogen) atoms. The zero-order valence-corrected chi connectivity index (χ0v) is 10.9. The highest BCUT2D eigenvalue weighted by atomic mass is 32.1. The molecule has 0 radical (unpaired) electrons. The predicted octanol–water partition coefficient (Wildman–Crippen LogP) is 2.00. The number of hydrogen-bond acceptors (Lipinski definition) is 5. The third kappa shape index (κ3) is 2.71. The number of likely N-dealkylation sites (N-methyl/N-ethyl adjacent to an activating group) is 1. The van der Waals surface area contributed by atoms with E-state index in [2.05, 4.69) is 33.4 Å². The number of anilines is 1. The lowest BCUT2D eigenvalue weighted by Crippen LogP contribution is -2.34.